The molecule has 28 heavy (non-hydrogen) atoms. The van der Waals surface area contributed by atoms with E-state index in [1.807, 2.05) is 35.0 Å². The highest BCUT2D eigenvalue weighted by Crippen LogP contribution is 2.30. The van der Waals surface area contributed by atoms with Crippen molar-refractivity contribution >= 4 is 0 Å². The van der Waals surface area contributed by atoms with Gasteiger partial charge in [-0.15, -0.1) is 0 Å². The molecule has 0 aliphatic carbocycles. The van der Waals surface area contributed by atoms with Gasteiger partial charge in [0.15, 0.2) is 0 Å². The highest BCUT2D eigenvalue weighted by molar-refractivity contribution is 5.63. The second-order valence-electron chi connectivity index (χ2n) is 7.24. The van der Waals surface area contributed by atoms with E-state index in [1.54, 1.807) is 14.0 Å². The lowest BCUT2D eigenvalue weighted by atomic mass is 9.98. The van der Waals surface area contributed by atoms with Gasteiger partial charge in [-0.25, -0.2) is 4.68 Å². The van der Waals surface area contributed by atoms with E-state index in [1.165, 1.54) is 5.56 Å². The Hall–Kier alpha value is -2.63. The van der Waals surface area contributed by atoms with Gasteiger partial charge in [0.1, 0.15) is 5.75 Å². The van der Waals surface area contributed by atoms with Gasteiger partial charge in [0.25, 0.3) is 0 Å². The fourth-order valence-electron chi connectivity index (χ4n) is 3.22. The van der Waals surface area contributed by atoms with Crippen LogP contribution >= 0.6 is 0 Å². The average Bonchev–Trinajstić information content (AvgIpc) is 3.14. The Morgan fingerprint density at radius 2 is 1.71 bits per heavy atom. The molecule has 2 atom stereocenters. The molecule has 3 aromatic rings. The van der Waals surface area contributed by atoms with E-state index in [2.05, 4.69) is 31.2 Å². The maximum Gasteiger partial charge on any atom is 0.119 e. The molecule has 2 N–H and O–H groups in total. The topological polar surface area (TPSA) is 67.5 Å². The third kappa shape index (κ3) is 4.61. The molecule has 0 bridgehead atoms. The second kappa shape index (κ2) is 9.04. The van der Waals surface area contributed by atoms with Gasteiger partial charge in [0.05, 0.1) is 36.9 Å². The lowest BCUT2D eigenvalue weighted by molar-refractivity contribution is 0.169. The number of ether oxygens (including phenoxy) is 1. The van der Waals surface area contributed by atoms with Gasteiger partial charge in [-0.2, -0.15) is 5.10 Å². The van der Waals surface area contributed by atoms with Gasteiger partial charge in [-0.1, -0.05) is 29.8 Å². The minimum Gasteiger partial charge on any atom is -0.497 e. The summed E-state index contributed by atoms with van der Waals surface area (Å²) in [6, 6.07) is 18.1. The third-order valence-corrected chi connectivity index (χ3v) is 4.96. The first-order valence-electron chi connectivity index (χ1n) is 9.62. The van der Waals surface area contributed by atoms with Crippen molar-refractivity contribution in [3.05, 3.63) is 65.9 Å². The standard InChI is InChI=1S/C23H28N2O3/c1-16-4-7-18(8-5-16)23-14-22(19(15-26)9-6-17(2)27)24-25(23)20-10-12-21(28-3)13-11-20/h4-5,7-8,10-14,17,19,26-27H,6,9,15H2,1-3H3. The molecular weight excluding hydrogens is 352 g/mol. The molecule has 148 valence electrons. The van der Waals surface area contributed by atoms with Gasteiger partial charge in [-0.05, 0) is 57.0 Å². The zero-order chi connectivity index (χ0) is 20.1. The quantitative estimate of drug-likeness (QED) is 0.618. The molecule has 3 rings (SSSR count). The molecule has 0 amide bonds. The number of aliphatic hydroxyl groups excluding tert-OH is 2. The van der Waals surface area contributed by atoms with Crippen LogP contribution in [0.2, 0.25) is 0 Å². The normalized spacial score (nSPS) is 13.3. The Labute approximate surface area is 166 Å². The lowest BCUT2D eigenvalue weighted by Gasteiger charge is -2.12. The molecular formula is C23H28N2O3. The Morgan fingerprint density at radius 1 is 1.04 bits per heavy atom. The van der Waals surface area contributed by atoms with Crippen LogP contribution in [0, 0.1) is 6.92 Å². The molecule has 5 heteroatoms. The summed E-state index contributed by atoms with van der Waals surface area (Å²) < 4.78 is 7.17. The average molecular weight is 380 g/mol. The number of methoxy groups -OCH3 is 1. The lowest BCUT2D eigenvalue weighted by Crippen LogP contribution is -2.10. The molecule has 0 aliphatic rings. The predicted molar refractivity (Wildman–Crippen MR) is 111 cm³/mol. The summed E-state index contributed by atoms with van der Waals surface area (Å²) in [5.74, 6) is 0.677. The van der Waals surface area contributed by atoms with Crippen molar-refractivity contribution in [3.8, 4) is 22.7 Å². The molecule has 2 unspecified atom stereocenters. The van der Waals surface area contributed by atoms with E-state index in [-0.39, 0.29) is 12.5 Å². The summed E-state index contributed by atoms with van der Waals surface area (Å²) in [6.07, 6.45) is 0.913. The molecule has 1 aromatic heterocycles. The zero-order valence-electron chi connectivity index (χ0n) is 16.7. The largest absolute Gasteiger partial charge is 0.497 e. The second-order valence-corrected chi connectivity index (χ2v) is 7.24. The number of hydrogen-bond donors (Lipinski definition) is 2. The predicted octanol–water partition coefficient (Wildman–Crippen LogP) is 4.09. The third-order valence-electron chi connectivity index (χ3n) is 4.96. The smallest absolute Gasteiger partial charge is 0.119 e. The number of benzene rings is 2. The van der Waals surface area contributed by atoms with Crippen molar-refractivity contribution in [1.29, 1.82) is 0 Å². The first-order valence-corrected chi connectivity index (χ1v) is 9.62. The van der Waals surface area contributed by atoms with Gasteiger partial charge in [0, 0.05) is 11.5 Å². The SMILES string of the molecule is COc1ccc(-n2nc(C(CO)CCC(C)O)cc2-c2ccc(C)cc2)cc1. The van der Waals surface area contributed by atoms with E-state index in [0.717, 1.165) is 28.4 Å². The number of nitrogens with zero attached hydrogens (tertiary/aromatic N) is 2. The van der Waals surface area contributed by atoms with E-state index in [4.69, 9.17) is 9.84 Å². The molecule has 5 nitrogen and oxygen atoms in total. The first-order chi connectivity index (χ1) is 13.5. The molecule has 0 fully saturated rings. The van der Waals surface area contributed by atoms with Crippen LogP contribution in [0.1, 0.15) is 36.9 Å². The van der Waals surface area contributed by atoms with Crippen LogP contribution in [0.3, 0.4) is 0 Å². The fraction of sp³-hybridized carbons (Fsp3) is 0.348. The highest BCUT2D eigenvalue weighted by atomic mass is 16.5. The number of aromatic nitrogens is 2. The summed E-state index contributed by atoms with van der Waals surface area (Å²) in [5.41, 5.74) is 4.98. The number of aryl methyl sites for hydroxylation is 1. The summed E-state index contributed by atoms with van der Waals surface area (Å²) in [6.45, 7) is 3.83. The van der Waals surface area contributed by atoms with E-state index >= 15 is 0 Å². The van der Waals surface area contributed by atoms with Crippen LogP contribution in [0.4, 0.5) is 0 Å². The van der Waals surface area contributed by atoms with E-state index in [0.29, 0.717) is 12.8 Å². The Balaban J connectivity index is 2.04. The van der Waals surface area contributed by atoms with Crippen molar-refractivity contribution < 1.29 is 14.9 Å². The van der Waals surface area contributed by atoms with Crippen LogP contribution in [0.25, 0.3) is 16.9 Å². The van der Waals surface area contributed by atoms with Gasteiger partial charge in [-0.3, -0.25) is 0 Å². The van der Waals surface area contributed by atoms with Gasteiger partial charge < -0.3 is 14.9 Å². The van der Waals surface area contributed by atoms with Gasteiger partial charge >= 0.3 is 0 Å². The highest BCUT2D eigenvalue weighted by Gasteiger charge is 2.19. The zero-order valence-corrected chi connectivity index (χ0v) is 16.7. The summed E-state index contributed by atoms with van der Waals surface area (Å²) in [4.78, 5) is 0. The fourth-order valence-corrected chi connectivity index (χ4v) is 3.22. The number of hydrogen-bond acceptors (Lipinski definition) is 4. The van der Waals surface area contributed by atoms with Gasteiger partial charge in [0.2, 0.25) is 0 Å². The van der Waals surface area contributed by atoms with Crippen LogP contribution in [-0.2, 0) is 0 Å². The van der Waals surface area contributed by atoms with E-state index in [9.17, 15) is 10.2 Å². The first kappa shape index (κ1) is 20.1. The molecule has 0 saturated heterocycles. The number of aliphatic hydroxyl groups is 2. The van der Waals surface area contributed by atoms with E-state index < -0.39 is 6.10 Å². The van der Waals surface area contributed by atoms with Crippen LogP contribution < -0.4 is 4.74 Å². The molecule has 0 radical (unpaired) electrons. The molecule has 0 saturated carbocycles. The monoisotopic (exact) mass is 380 g/mol. The van der Waals surface area contributed by atoms with Crippen LogP contribution in [0.5, 0.6) is 5.75 Å². The van der Waals surface area contributed by atoms with Crippen LogP contribution in [-0.4, -0.2) is 39.8 Å². The maximum atomic E-state index is 9.89. The maximum absolute atomic E-state index is 9.89. The molecule has 1 heterocycles. The minimum absolute atomic E-state index is 0.000314. The van der Waals surface area contributed by atoms with Crippen LogP contribution in [0.15, 0.2) is 54.6 Å². The van der Waals surface area contributed by atoms with Crippen molar-refractivity contribution in [2.24, 2.45) is 0 Å². The minimum atomic E-state index is -0.394. The van der Waals surface area contributed by atoms with Crippen molar-refractivity contribution in [2.45, 2.75) is 38.7 Å². The Morgan fingerprint density at radius 3 is 2.29 bits per heavy atom. The summed E-state index contributed by atoms with van der Waals surface area (Å²) >= 11 is 0. The van der Waals surface area contributed by atoms with Crippen molar-refractivity contribution in [2.75, 3.05) is 13.7 Å². The molecule has 0 spiro atoms. The Bertz CT molecular complexity index is 883. The molecule has 2 aromatic carbocycles. The van der Waals surface area contributed by atoms with Crippen molar-refractivity contribution in [3.63, 3.8) is 0 Å². The Kier molecular flexibility index (Phi) is 6.49. The molecule has 0 aliphatic heterocycles. The number of rotatable bonds is 8. The van der Waals surface area contributed by atoms with Crippen molar-refractivity contribution in [1.82, 2.24) is 9.78 Å². The summed E-state index contributed by atoms with van der Waals surface area (Å²) in [5, 5.41) is 24.3. The summed E-state index contributed by atoms with van der Waals surface area (Å²) in [7, 11) is 1.65.